The molecule has 0 saturated carbocycles. The summed E-state index contributed by atoms with van der Waals surface area (Å²) in [7, 11) is 0. The van der Waals surface area contributed by atoms with Crippen molar-refractivity contribution in [1.29, 1.82) is 0 Å². The van der Waals surface area contributed by atoms with Crippen LogP contribution < -0.4 is 4.90 Å². The fourth-order valence-corrected chi connectivity index (χ4v) is 8.24. The van der Waals surface area contributed by atoms with E-state index in [-0.39, 0.29) is 0 Å². The maximum atomic E-state index is 5.41. The van der Waals surface area contributed by atoms with Gasteiger partial charge >= 0.3 is 0 Å². The van der Waals surface area contributed by atoms with E-state index >= 15 is 0 Å². The van der Waals surface area contributed by atoms with Gasteiger partial charge in [0.2, 0.25) is 0 Å². The molecule has 57 heavy (non-hydrogen) atoms. The van der Waals surface area contributed by atoms with E-state index < -0.39 is 0 Å². The van der Waals surface area contributed by atoms with Crippen molar-refractivity contribution in [3.63, 3.8) is 0 Å². The van der Waals surface area contributed by atoms with Crippen molar-refractivity contribution >= 4 is 71.3 Å². The second kappa shape index (κ2) is 13.6. The molecule has 0 unspecified atom stereocenters. The van der Waals surface area contributed by atoms with Crippen molar-refractivity contribution in [2.45, 2.75) is 0 Å². The van der Waals surface area contributed by atoms with Gasteiger partial charge in [0, 0.05) is 60.7 Å². The Morgan fingerprint density at radius 2 is 0.825 bits per heavy atom. The largest absolute Gasteiger partial charge is 0.310 e. The molecule has 0 amide bonds. The Bertz CT molecular complexity index is 3240. The summed E-state index contributed by atoms with van der Waals surface area (Å²) >= 11 is 0. The molecule has 4 nitrogen and oxygen atoms in total. The lowest BCUT2D eigenvalue weighted by molar-refractivity contribution is 1.28. The van der Waals surface area contributed by atoms with Crippen LogP contribution in [-0.4, -0.2) is 15.0 Å². The van der Waals surface area contributed by atoms with Crippen LogP contribution in [0, 0.1) is 0 Å². The van der Waals surface area contributed by atoms with E-state index in [1.807, 2.05) is 18.2 Å². The number of aromatic nitrogens is 3. The highest BCUT2D eigenvalue weighted by Gasteiger charge is 2.18. The summed E-state index contributed by atoms with van der Waals surface area (Å²) < 4.78 is 0. The number of fused-ring (bicyclic) bond motifs is 8. The summed E-state index contributed by atoms with van der Waals surface area (Å²) in [6.45, 7) is 0. The van der Waals surface area contributed by atoms with E-state index in [1.165, 1.54) is 10.8 Å². The van der Waals surface area contributed by atoms with E-state index in [2.05, 4.69) is 193 Å². The van der Waals surface area contributed by atoms with E-state index in [1.54, 1.807) is 0 Å². The van der Waals surface area contributed by atoms with Crippen molar-refractivity contribution in [3.05, 3.63) is 206 Å². The Labute approximate surface area is 330 Å². The number of para-hydroxylation sites is 2. The van der Waals surface area contributed by atoms with Gasteiger partial charge < -0.3 is 4.90 Å². The third-order valence-electron chi connectivity index (χ3n) is 11.0. The van der Waals surface area contributed by atoms with Crippen molar-refractivity contribution in [3.8, 4) is 33.8 Å². The summed E-state index contributed by atoms with van der Waals surface area (Å²) in [5.41, 5.74) is 12.1. The first-order valence-electron chi connectivity index (χ1n) is 19.3. The Balaban J connectivity index is 1.09. The Morgan fingerprint density at radius 1 is 0.316 bits per heavy atom. The van der Waals surface area contributed by atoms with Crippen LogP contribution in [0.3, 0.4) is 0 Å². The highest BCUT2D eigenvalue weighted by molar-refractivity contribution is 6.23. The van der Waals surface area contributed by atoms with Crippen LogP contribution in [0.15, 0.2) is 206 Å². The smallest absolute Gasteiger partial charge is 0.0972 e. The normalized spacial score (nSPS) is 11.5. The molecule has 0 aliphatic carbocycles. The van der Waals surface area contributed by atoms with E-state index in [0.29, 0.717) is 0 Å². The van der Waals surface area contributed by atoms with E-state index in [9.17, 15) is 0 Å². The van der Waals surface area contributed by atoms with E-state index in [0.717, 1.165) is 94.3 Å². The summed E-state index contributed by atoms with van der Waals surface area (Å²) in [6, 6.07) is 72.6. The van der Waals surface area contributed by atoms with Gasteiger partial charge in [0.1, 0.15) is 0 Å². The molecule has 3 aromatic heterocycles. The second-order valence-corrected chi connectivity index (χ2v) is 14.4. The van der Waals surface area contributed by atoms with Crippen LogP contribution in [0.4, 0.5) is 17.1 Å². The molecule has 0 spiro atoms. The lowest BCUT2D eigenvalue weighted by Crippen LogP contribution is -2.09. The van der Waals surface area contributed by atoms with Gasteiger partial charge in [0.25, 0.3) is 0 Å². The zero-order valence-corrected chi connectivity index (χ0v) is 30.9. The molecule has 0 atom stereocenters. The van der Waals surface area contributed by atoms with Crippen LogP contribution >= 0.6 is 0 Å². The minimum atomic E-state index is 0.904. The van der Waals surface area contributed by atoms with Crippen molar-refractivity contribution < 1.29 is 0 Å². The minimum Gasteiger partial charge on any atom is -0.310 e. The highest BCUT2D eigenvalue weighted by Crippen LogP contribution is 2.41. The molecule has 3 heterocycles. The molecule has 11 rings (SSSR count). The summed E-state index contributed by atoms with van der Waals surface area (Å²) in [6.07, 6.45) is 0. The molecule has 266 valence electrons. The van der Waals surface area contributed by atoms with Gasteiger partial charge in [-0.25, -0.2) is 15.0 Å². The average Bonchev–Trinajstić information content (AvgIpc) is 3.29. The number of nitrogens with zero attached hydrogens (tertiary/aromatic N) is 4. The lowest BCUT2D eigenvalue weighted by atomic mass is 9.93. The number of anilines is 3. The Morgan fingerprint density at radius 3 is 1.46 bits per heavy atom. The summed E-state index contributed by atoms with van der Waals surface area (Å²) in [5.74, 6) is 0. The van der Waals surface area contributed by atoms with Gasteiger partial charge in [0.05, 0.1) is 33.6 Å². The monoisotopic (exact) mass is 726 g/mol. The topological polar surface area (TPSA) is 41.9 Å². The fourth-order valence-electron chi connectivity index (χ4n) is 8.24. The number of pyridine rings is 3. The average molecular weight is 727 g/mol. The third kappa shape index (κ3) is 5.74. The fraction of sp³-hybridized carbons (Fsp3) is 0. The molecule has 0 fully saturated rings. The SMILES string of the molecule is c1ccc(-c2ccc3ccc4ccc(-c5ccc6c(ccc7c(-c8ccccc8)nc8cc(N(c9ccccc9)c9ccccc9)ccc8c76)c5)nc4c3n2)cc1. The van der Waals surface area contributed by atoms with Gasteiger partial charge in [-0.2, -0.15) is 0 Å². The molecule has 0 bridgehead atoms. The van der Waals surface area contributed by atoms with Gasteiger partial charge in [0.15, 0.2) is 0 Å². The summed E-state index contributed by atoms with van der Waals surface area (Å²) in [5, 5.41) is 7.90. The van der Waals surface area contributed by atoms with Crippen molar-refractivity contribution in [2.24, 2.45) is 0 Å². The van der Waals surface area contributed by atoms with Gasteiger partial charge in [-0.05, 0) is 65.4 Å². The zero-order chi connectivity index (χ0) is 37.7. The van der Waals surface area contributed by atoms with Crippen LogP contribution in [-0.2, 0) is 0 Å². The van der Waals surface area contributed by atoms with Crippen LogP contribution in [0.2, 0.25) is 0 Å². The molecule has 4 heteroatoms. The molecule has 0 aliphatic rings. The number of rotatable bonds is 6. The Hall–Kier alpha value is -7.69. The van der Waals surface area contributed by atoms with Gasteiger partial charge in [-0.15, -0.1) is 0 Å². The zero-order valence-electron chi connectivity index (χ0n) is 30.9. The summed E-state index contributed by atoms with van der Waals surface area (Å²) in [4.78, 5) is 18.1. The van der Waals surface area contributed by atoms with Crippen molar-refractivity contribution in [2.75, 3.05) is 4.90 Å². The number of benzene rings is 8. The maximum Gasteiger partial charge on any atom is 0.0972 e. The predicted molar refractivity (Wildman–Crippen MR) is 238 cm³/mol. The molecule has 0 radical (unpaired) electrons. The first kappa shape index (κ1) is 32.7. The molecule has 8 aromatic carbocycles. The molecular formula is C53H34N4. The van der Waals surface area contributed by atoms with Gasteiger partial charge in [-0.3, -0.25) is 0 Å². The Kier molecular flexibility index (Phi) is 7.78. The molecule has 0 aliphatic heterocycles. The van der Waals surface area contributed by atoms with E-state index in [4.69, 9.17) is 15.0 Å². The van der Waals surface area contributed by atoms with Crippen LogP contribution in [0.5, 0.6) is 0 Å². The van der Waals surface area contributed by atoms with Gasteiger partial charge in [-0.1, -0.05) is 152 Å². The molecule has 0 saturated heterocycles. The van der Waals surface area contributed by atoms with Crippen LogP contribution in [0.1, 0.15) is 0 Å². The first-order chi connectivity index (χ1) is 28.2. The number of hydrogen-bond donors (Lipinski definition) is 0. The first-order valence-corrected chi connectivity index (χ1v) is 19.3. The molecule has 0 N–H and O–H groups in total. The lowest BCUT2D eigenvalue weighted by Gasteiger charge is -2.26. The molecular weight excluding hydrogens is 693 g/mol. The van der Waals surface area contributed by atoms with Crippen molar-refractivity contribution in [1.82, 2.24) is 15.0 Å². The number of hydrogen-bond acceptors (Lipinski definition) is 4. The minimum absolute atomic E-state index is 0.904. The molecule has 11 aromatic rings. The third-order valence-corrected chi connectivity index (χ3v) is 11.0. The van der Waals surface area contributed by atoms with Crippen LogP contribution in [0.25, 0.3) is 88.0 Å². The highest BCUT2D eigenvalue weighted by atomic mass is 15.1. The quantitative estimate of drug-likeness (QED) is 0.160. The predicted octanol–water partition coefficient (Wildman–Crippen LogP) is 14.1. The standard InChI is InChI=1S/C53H34N4/c1-5-13-35(14-6-1)47-31-25-37-21-22-38-26-32-48(55-53(38)52(37)54-47)40-24-28-44-39(33-40)23-29-46-50(44)45-30-27-43(34-49(45)56-51(46)36-15-7-2-8-16-36)57(41-17-9-3-10-18-41)42-19-11-4-12-20-42/h1-34H. The maximum absolute atomic E-state index is 5.41. The second-order valence-electron chi connectivity index (χ2n) is 14.4.